The van der Waals surface area contributed by atoms with Gasteiger partial charge in [-0.25, -0.2) is 0 Å². The van der Waals surface area contributed by atoms with E-state index in [-0.39, 0.29) is 35.2 Å². The molecule has 0 aromatic heterocycles. The van der Waals surface area contributed by atoms with Crippen LogP contribution < -0.4 is 29.7 Å². The molecule has 0 spiro atoms. The van der Waals surface area contributed by atoms with Crippen LogP contribution in [-0.4, -0.2) is 11.3 Å². The molecule has 0 fully saturated rings. The molecule has 0 amide bonds. The molecule has 201 valence electrons. The Labute approximate surface area is 202 Å². The van der Waals surface area contributed by atoms with Gasteiger partial charge in [0.15, 0.2) is 0 Å². The number of hydrogen-bond acceptors (Lipinski definition) is 18. The van der Waals surface area contributed by atoms with Crippen LogP contribution in [0.25, 0.3) is 0 Å². The summed E-state index contributed by atoms with van der Waals surface area (Å²) in [5.74, 6) is 0. The van der Waals surface area contributed by atoms with Crippen LogP contribution >= 0.6 is 0 Å². The third-order valence-corrected chi connectivity index (χ3v) is 17.8. The van der Waals surface area contributed by atoms with Crippen molar-refractivity contribution in [2.75, 3.05) is 0 Å². The summed E-state index contributed by atoms with van der Waals surface area (Å²) in [5, 5.41) is 0. The van der Waals surface area contributed by atoms with Crippen LogP contribution in [0.2, 0.25) is 0 Å². The first kappa shape index (κ1) is 49.8. The van der Waals surface area contributed by atoms with Crippen molar-refractivity contribution >= 4 is 0 Å². The van der Waals surface area contributed by atoms with Gasteiger partial charge in [0.2, 0.25) is 0 Å². The second-order valence-electron chi connectivity index (χ2n) is 2.71. The van der Waals surface area contributed by atoms with Crippen molar-refractivity contribution in [3.63, 3.8) is 0 Å². The van der Waals surface area contributed by atoms with Gasteiger partial charge in [-0.15, -0.1) is 0 Å². The zero-order chi connectivity index (χ0) is 23.1. The van der Waals surface area contributed by atoms with Gasteiger partial charge < -0.3 is 18.5 Å². The minimum absolute atomic E-state index is 0. The summed E-state index contributed by atoms with van der Waals surface area (Å²) in [4.78, 5) is 0. The molecule has 31 heteroatoms. The molecule has 0 aliphatic rings. The zero-order valence-electron chi connectivity index (χ0n) is 14.5. The Morgan fingerprint density at radius 3 is 0.516 bits per heavy atom. The molecular weight excluding hydrogens is 1010 g/mol. The minimum atomic E-state index is -6.30. The molecule has 0 bridgehead atoms. The molecule has 0 saturated heterocycles. The van der Waals surface area contributed by atoms with E-state index in [0.29, 0.717) is 0 Å². The van der Waals surface area contributed by atoms with Crippen LogP contribution in [0.15, 0.2) is 0 Å². The number of quaternary nitrogens is 3. The van der Waals surface area contributed by atoms with Crippen molar-refractivity contribution < 1.29 is 187 Å². The fraction of sp³-hybridized carbons (Fsp3) is 0. The molecule has 0 atom stereocenters. The summed E-state index contributed by atoms with van der Waals surface area (Å²) in [6.45, 7) is 0. The van der Waals surface area contributed by atoms with Crippen molar-refractivity contribution in [2.45, 2.75) is 0 Å². The molecule has 0 aliphatic carbocycles. The average molecular weight is 1030 g/mol. The van der Waals surface area contributed by atoms with E-state index >= 15 is 0 Å². The van der Waals surface area contributed by atoms with Crippen molar-refractivity contribution in [1.29, 1.82) is 0 Å². The summed E-state index contributed by atoms with van der Waals surface area (Å²) in [7, 11) is 0. The monoisotopic (exact) mass is 1040 g/mol. The first-order valence-corrected chi connectivity index (χ1v) is 23.9. The molecule has 0 heterocycles. The van der Waals surface area contributed by atoms with E-state index in [1.165, 1.54) is 0 Å². The topological polar surface area (TPSA) is 472 Å². The number of rotatable bonds is 6. The molecule has 15 N–H and O–H groups in total. The molecule has 1 radical (unpaired) electrons. The quantitative estimate of drug-likeness (QED) is 0.135. The summed E-state index contributed by atoms with van der Waals surface area (Å²) < 4.78 is 174. The van der Waals surface area contributed by atoms with Crippen LogP contribution in [-0.2, 0) is 164 Å². The van der Waals surface area contributed by atoms with Crippen LogP contribution in [0.4, 0.5) is 0 Å². The fourth-order valence-corrected chi connectivity index (χ4v) is 11.1. The Morgan fingerprint density at radius 2 is 0.516 bits per heavy atom. The Balaban J connectivity index is -0.0000000524. The van der Waals surface area contributed by atoms with Gasteiger partial charge in [-0.05, 0) is 0 Å². The predicted molar refractivity (Wildman–Crippen MR) is 36.1 cm³/mol. The second kappa shape index (κ2) is 18.1. The average Bonchev–Trinajstić information content (AvgIpc) is 1.96. The maximum atomic E-state index is 9.53. The maximum absolute atomic E-state index is 9.53. The van der Waals surface area contributed by atoms with Crippen molar-refractivity contribution in [1.82, 2.24) is 18.5 Å². The van der Waals surface area contributed by atoms with Gasteiger partial charge >= 0.3 is 170 Å². The van der Waals surface area contributed by atoms with Gasteiger partial charge in [0.1, 0.15) is 0 Å². The summed E-state index contributed by atoms with van der Waals surface area (Å²) in [6, 6.07) is 0. The van der Waals surface area contributed by atoms with E-state index in [0.717, 1.165) is 0 Å². The van der Waals surface area contributed by atoms with Crippen molar-refractivity contribution in [3.8, 4) is 0 Å². The normalized spacial score (nSPS) is 11.8. The van der Waals surface area contributed by atoms with Gasteiger partial charge in [-0.2, -0.15) is 0 Å². The predicted octanol–water partition coefficient (Wildman–Crippen LogP) is -5.76. The van der Waals surface area contributed by atoms with Crippen LogP contribution in [0.5, 0.6) is 0 Å². The molecule has 0 unspecified atom stereocenters. The van der Waals surface area contributed by atoms with Crippen LogP contribution in [0.1, 0.15) is 0 Å². The van der Waals surface area contributed by atoms with Crippen molar-refractivity contribution in [3.05, 3.63) is 0 Å². The molecule has 24 nitrogen and oxygen atoms in total. The summed E-state index contributed by atoms with van der Waals surface area (Å²) >= 11 is -37.3. The molecule has 31 heavy (non-hydrogen) atoms. The molecule has 0 aromatic rings. The van der Waals surface area contributed by atoms with E-state index < -0.39 is 100 Å². The van der Waals surface area contributed by atoms with E-state index in [9.17, 15) is 52.1 Å². The summed E-state index contributed by atoms with van der Waals surface area (Å²) in [5.41, 5.74) is 0. The SMILES string of the molecule is [Co].[NH4+].[NH4+].[NH4+].[O]=[Mo](=[O])([O-])[O][Mo](=[O])(=[O])[OH].[O]=[Mo](=[O])([O-])[O][Mo](=[O])(=[O])[OH].[O]=[Mo](=[O])([O-])[O][Mo](=[O])(=[O])[OH]. The second-order valence-corrected chi connectivity index (χ2v) is 22.0. The molecule has 0 saturated carbocycles. The Hall–Kier alpha value is 1.76. The summed E-state index contributed by atoms with van der Waals surface area (Å²) in [6.07, 6.45) is 0. The fourth-order valence-electron chi connectivity index (χ4n) is 0.316. The number of hydrogen-bond donors (Lipinski definition) is 6. The molecule has 0 aliphatic heterocycles. The Morgan fingerprint density at radius 1 is 0.419 bits per heavy atom. The van der Waals surface area contributed by atoms with E-state index in [2.05, 4.69) is 6.13 Å². The van der Waals surface area contributed by atoms with Crippen molar-refractivity contribution in [2.24, 2.45) is 0 Å². The third kappa shape index (κ3) is 72.0. The van der Waals surface area contributed by atoms with Gasteiger partial charge in [0.25, 0.3) is 0 Å². The van der Waals surface area contributed by atoms with Crippen LogP contribution in [0, 0.1) is 0 Å². The zero-order valence-corrected chi connectivity index (χ0v) is 27.6. The van der Waals surface area contributed by atoms with E-state index in [4.69, 9.17) is 11.3 Å². The Bertz CT molecular complexity index is 864. The first-order valence-electron chi connectivity index (χ1n) is 4.05. The molecule has 0 rings (SSSR count). The van der Waals surface area contributed by atoms with Crippen LogP contribution in [0.3, 0.4) is 0 Å². The standard InChI is InChI=1S/Co.6Mo.3H3N.3H2O.18O/h;;;;;;;3*1H3;3*1H2;;;;;;;;;;;;;;;;;;/q;;;;3*+1;;;;;;;;;;;;;;;;;;;;;;3*-1. The van der Waals surface area contributed by atoms with E-state index in [1.54, 1.807) is 0 Å². The van der Waals surface area contributed by atoms with Gasteiger partial charge in [-0.3, -0.25) is 0 Å². The van der Waals surface area contributed by atoms with E-state index in [1.807, 2.05) is 0 Å². The molecular formula is H15CoMo6N3O21. The van der Waals surface area contributed by atoms with Gasteiger partial charge in [-0.1, -0.05) is 0 Å². The molecule has 0 aromatic carbocycles. The first-order chi connectivity index (χ1) is 11.1. The third-order valence-electron chi connectivity index (χ3n) is 0.508. The van der Waals surface area contributed by atoms with Gasteiger partial charge in [0, 0.05) is 16.8 Å². The Kier molecular flexibility index (Phi) is 29.0. The van der Waals surface area contributed by atoms with Gasteiger partial charge in [0.05, 0.1) is 0 Å².